The van der Waals surface area contributed by atoms with Crippen LogP contribution in [0, 0.1) is 0 Å². The fourth-order valence-corrected chi connectivity index (χ4v) is 6.26. The first-order valence-corrected chi connectivity index (χ1v) is 10.7. The van der Waals surface area contributed by atoms with Gasteiger partial charge in [-0.25, -0.2) is 8.42 Å². The Balaban J connectivity index is 1.70. The van der Waals surface area contributed by atoms with E-state index in [0.29, 0.717) is 25.2 Å². The Bertz CT molecular complexity index is 938. The number of sulfone groups is 1. The summed E-state index contributed by atoms with van der Waals surface area (Å²) in [6.07, 6.45) is 0. The van der Waals surface area contributed by atoms with E-state index >= 15 is 0 Å². The number of amides is 1. The van der Waals surface area contributed by atoms with Crippen molar-refractivity contribution < 1.29 is 18.3 Å². The summed E-state index contributed by atoms with van der Waals surface area (Å²) in [6.45, 7) is 1.47. The van der Waals surface area contributed by atoms with Crippen molar-refractivity contribution in [1.29, 1.82) is 0 Å². The van der Waals surface area contributed by atoms with Crippen LogP contribution in [0.1, 0.15) is 10.4 Å². The average molecular weight is 374 g/mol. The van der Waals surface area contributed by atoms with Crippen LogP contribution in [0.15, 0.2) is 42.5 Å². The van der Waals surface area contributed by atoms with E-state index < -0.39 is 9.84 Å². The van der Waals surface area contributed by atoms with Crippen molar-refractivity contribution >= 4 is 26.5 Å². The minimum absolute atomic E-state index is 0.00387. The van der Waals surface area contributed by atoms with E-state index in [-0.39, 0.29) is 36.1 Å². The van der Waals surface area contributed by atoms with Crippen LogP contribution in [-0.2, 0) is 9.84 Å². The van der Waals surface area contributed by atoms with Gasteiger partial charge in [0.25, 0.3) is 5.91 Å². The van der Waals surface area contributed by atoms with Gasteiger partial charge in [-0.2, -0.15) is 0 Å². The predicted molar refractivity (Wildman–Crippen MR) is 99.9 cm³/mol. The number of β-amino-alcohol motifs (C(OH)–C–C–N with tert-alkyl or cyclic N) is 1. The van der Waals surface area contributed by atoms with Crippen molar-refractivity contribution in [3.05, 3.63) is 48.0 Å². The molecule has 2 saturated heterocycles. The molecule has 2 fully saturated rings. The lowest BCUT2D eigenvalue weighted by atomic mass is 10.00. The highest BCUT2D eigenvalue weighted by molar-refractivity contribution is 7.91. The molecule has 2 aliphatic rings. The highest BCUT2D eigenvalue weighted by Crippen LogP contribution is 2.29. The topological polar surface area (TPSA) is 77.9 Å². The normalized spacial score (nSPS) is 25.3. The number of nitrogens with zero attached hydrogens (tertiary/aromatic N) is 2. The summed E-state index contributed by atoms with van der Waals surface area (Å²) in [5.74, 6) is -0.0647. The van der Waals surface area contributed by atoms with Crippen LogP contribution in [0.4, 0.5) is 0 Å². The fourth-order valence-electron chi connectivity index (χ4n) is 4.25. The van der Waals surface area contributed by atoms with E-state index in [0.717, 1.165) is 10.8 Å². The fraction of sp³-hybridized carbons (Fsp3) is 0.421. The average Bonchev–Trinajstić information content (AvgIpc) is 2.96. The summed E-state index contributed by atoms with van der Waals surface area (Å²) in [6, 6.07) is 12.8. The van der Waals surface area contributed by atoms with Crippen molar-refractivity contribution in [2.75, 3.05) is 37.7 Å². The van der Waals surface area contributed by atoms with E-state index in [2.05, 4.69) is 0 Å². The van der Waals surface area contributed by atoms with Gasteiger partial charge in [-0.3, -0.25) is 9.69 Å². The molecule has 0 saturated carbocycles. The van der Waals surface area contributed by atoms with Gasteiger partial charge in [0.1, 0.15) is 0 Å². The number of piperazine rings is 1. The molecule has 2 aromatic rings. The Morgan fingerprint density at radius 1 is 1.04 bits per heavy atom. The summed E-state index contributed by atoms with van der Waals surface area (Å²) in [4.78, 5) is 17.0. The minimum atomic E-state index is -3.19. The molecule has 7 heteroatoms. The maximum absolute atomic E-state index is 13.3. The van der Waals surface area contributed by atoms with Crippen LogP contribution in [0.2, 0.25) is 0 Å². The standard InChI is InChI=1S/C19H22N2O4S/c22-11-10-20-8-9-21(18-13-26(24,25)12-17(18)20)19(23)16-7-3-5-14-4-1-2-6-15(14)16/h1-7,17-18,22H,8-13H2/t17-,18+/m1/s1. The zero-order chi connectivity index (χ0) is 18.3. The van der Waals surface area contributed by atoms with Gasteiger partial charge in [-0.05, 0) is 16.8 Å². The second kappa shape index (κ2) is 6.64. The Kier molecular flexibility index (Phi) is 4.46. The molecule has 2 aromatic carbocycles. The largest absolute Gasteiger partial charge is 0.395 e. The molecule has 6 nitrogen and oxygen atoms in total. The minimum Gasteiger partial charge on any atom is -0.395 e. The molecule has 0 unspecified atom stereocenters. The van der Waals surface area contributed by atoms with Crippen molar-refractivity contribution in [2.24, 2.45) is 0 Å². The van der Waals surface area contributed by atoms with E-state index in [1.54, 1.807) is 4.90 Å². The second-order valence-electron chi connectivity index (χ2n) is 7.00. The van der Waals surface area contributed by atoms with Crippen LogP contribution in [0.3, 0.4) is 0 Å². The van der Waals surface area contributed by atoms with Crippen molar-refractivity contribution in [2.45, 2.75) is 12.1 Å². The lowest BCUT2D eigenvalue weighted by molar-refractivity contribution is 0.0283. The molecule has 0 aliphatic carbocycles. The number of fused-ring (bicyclic) bond motifs is 2. The smallest absolute Gasteiger partial charge is 0.254 e. The van der Waals surface area contributed by atoms with Gasteiger partial charge in [-0.1, -0.05) is 36.4 Å². The van der Waals surface area contributed by atoms with Crippen molar-refractivity contribution in [1.82, 2.24) is 9.80 Å². The van der Waals surface area contributed by atoms with Crippen molar-refractivity contribution in [3.63, 3.8) is 0 Å². The van der Waals surface area contributed by atoms with Crippen LogP contribution in [-0.4, -0.2) is 79.1 Å². The van der Waals surface area contributed by atoms with Gasteiger partial charge in [-0.15, -0.1) is 0 Å². The molecule has 26 heavy (non-hydrogen) atoms. The maximum atomic E-state index is 13.3. The lowest BCUT2D eigenvalue weighted by Gasteiger charge is -2.43. The van der Waals surface area contributed by atoms with Crippen molar-refractivity contribution in [3.8, 4) is 0 Å². The van der Waals surface area contributed by atoms with Gasteiger partial charge < -0.3 is 10.0 Å². The Labute approximate surface area is 152 Å². The number of hydrogen-bond donors (Lipinski definition) is 1. The molecule has 0 spiro atoms. The number of hydrogen-bond acceptors (Lipinski definition) is 5. The van der Waals surface area contributed by atoms with Gasteiger partial charge in [0, 0.05) is 31.2 Å². The summed E-state index contributed by atoms with van der Waals surface area (Å²) in [5, 5.41) is 11.1. The SMILES string of the molecule is O=C(c1cccc2ccccc12)N1CCN(CCO)[C@@H]2CS(=O)(=O)C[C@@H]21. The molecule has 1 amide bonds. The highest BCUT2D eigenvalue weighted by Gasteiger charge is 2.48. The number of rotatable bonds is 3. The Hall–Kier alpha value is -1.96. The number of aliphatic hydroxyl groups is 1. The first-order valence-electron chi connectivity index (χ1n) is 8.84. The Morgan fingerprint density at radius 2 is 1.77 bits per heavy atom. The molecular weight excluding hydrogens is 352 g/mol. The van der Waals surface area contributed by atoms with Gasteiger partial charge in [0.15, 0.2) is 9.84 Å². The van der Waals surface area contributed by atoms with Crippen LogP contribution < -0.4 is 0 Å². The number of benzene rings is 2. The first kappa shape index (κ1) is 17.5. The Morgan fingerprint density at radius 3 is 2.58 bits per heavy atom. The molecule has 2 atom stereocenters. The number of aliphatic hydroxyl groups excluding tert-OH is 1. The third-order valence-corrected chi connectivity index (χ3v) is 7.16. The zero-order valence-corrected chi connectivity index (χ0v) is 15.2. The number of carbonyl (C=O) groups excluding carboxylic acids is 1. The second-order valence-corrected chi connectivity index (χ2v) is 9.15. The predicted octanol–water partition coefficient (Wildman–Crippen LogP) is 0.755. The first-order chi connectivity index (χ1) is 12.5. The van der Waals surface area contributed by atoms with Gasteiger partial charge in [0.05, 0.1) is 24.2 Å². The molecule has 4 rings (SSSR count). The van der Waals surface area contributed by atoms with E-state index in [9.17, 15) is 18.3 Å². The maximum Gasteiger partial charge on any atom is 0.254 e. The molecule has 2 aliphatic heterocycles. The molecular formula is C19H22N2O4S. The van der Waals surface area contributed by atoms with Gasteiger partial charge >= 0.3 is 0 Å². The molecule has 138 valence electrons. The summed E-state index contributed by atoms with van der Waals surface area (Å²) in [7, 11) is -3.19. The van der Waals surface area contributed by atoms with Crippen LogP contribution in [0.25, 0.3) is 10.8 Å². The van der Waals surface area contributed by atoms with Gasteiger partial charge in [0.2, 0.25) is 0 Å². The highest BCUT2D eigenvalue weighted by atomic mass is 32.2. The zero-order valence-electron chi connectivity index (χ0n) is 14.4. The molecule has 2 heterocycles. The summed E-state index contributed by atoms with van der Waals surface area (Å²) >= 11 is 0. The van der Waals surface area contributed by atoms with Crippen LogP contribution >= 0.6 is 0 Å². The van der Waals surface area contributed by atoms with E-state index in [1.807, 2.05) is 47.4 Å². The summed E-state index contributed by atoms with van der Waals surface area (Å²) < 4.78 is 24.5. The van der Waals surface area contributed by atoms with Crippen LogP contribution in [0.5, 0.6) is 0 Å². The number of carbonyl (C=O) groups is 1. The molecule has 0 aromatic heterocycles. The third-order valence-electron chi connectivity index (χ3n) is 5.46. The quantitative estimate of drug-likeness (QED) is 0.858. The van der Waals surface area contributed by atoms with E-state index in [4.69, 9.17) is 0 Å². The summed E-state index contributed by atoms with van der Waals surface area (Å²) in [5.41, 5.74) is 0.613. The molecule has 0 radical (unpaired) electrons. The molecule has 1 N–H and O–H groups in total. The monoisotopic (exact) mass is 374 g/mol. The van der Waals surface area contributed by atoms with E-state index in [1.165, 1.54) is 0 Å². The molecule has 0 bridgehead atoms. The third kappa shape index (κ3) is 3.00. The lowest BCUT2D eigenvalue weighted by Crippen LogP contribution is -2.61.